The van der Waals surface area contributed by atoms with E-state index >= 15 is 0 Å². The van der Waals surface area contributed by atoms with Crippen LogP contribution < -0.4 is 0 Å². The molecule has 2 aliphatic rings. The zero-order valence-corrected chi connectivity index (χ0v) is 13.2. The third-order valence-corrected chi connectivity index (χ3v) is 3.84. The van der Waals surface area contributed by atoms with Crippen LogP contribution in [0.15, 0.2) is 9.98 Å². The second-order valence-corrected chi connectivity index (χ2v) is 5.74. The Morgan fingerprint density at radius 2 is 1.74 bits per heavy atom. The molecule has 0 aromatic carbocycles. The van der Waals surface area contributed by atoms with Gasteiger partial charge in [0.2, 0.25) is 12.2 Å². The first-order valence-corrected chi connectivity index (χ1v) is 7.80. The lowest BCUT2D eigenvalue weighted by Crippen LogP contribution is -2.35. The molecule has 8 nitrogen and oxygen atoms in total. The lowest BCUT2D eigenvalue weighted by molar-refractivity contribution is -0.0550. The third-order valence-electron chi connectivity index (χ3n) is 3.84. The predicted octanol–water partition coefficient (Wildman–Crippen LogP) is 0.252. The second kappa shape index (κ2) is 9.67. The Labute approximate surface area is 134 Å². The Bertz CT molecular complexity index is 461. The molecule has 23 heavy (non-hydrogen) atoms. The number of isocyanates is 2. The summed E-state index contributed by atoms with van der Waals surface area (Å²) in [5.41, 5.74) is 0. The SMILES string of the molecule is CC(CN=C=O)CO[C@@H]1COC2C1OC[C@H]2OCCCN=C=O. The smallest absolute Gasteiger partial charge is 0.234 e. The van der Waals surface area contributed by atoms with E-state index in [2.05, 4.69) is 9.98 Å². The first-order valence-electron chi connectivity index (χ1n) is 7.80. The third kappa shape index (κ3) is 5.32. The highest BCUT2D eigenvalue weighted by atomic mass is 16.6. The number of hydrogen-bond acceptors (Lipinski definition) is 8. The maximum absolute atomic E-state index is 10.1. The first-order chi connectivity index (χ1) is 11.3. The standard InChI is InChI=1S/C15H22N2O6/c1-11(5-17-10-19)6-21-13-8-23-14-12(7-22-15(13)14)20-4-2-3-16-9-18/h11-15H,2-8H2,1H3/t11?,12-,13-,14?,15?/m1/s1. The molecule has 0 amide bonds. The van der Waals surface area contributed by atoms with E-state index in [9.17, 15) is 9.59 Å². The lowest BCUT2D eigenvalue weighted by atomic mass is 10.1. The molecule has 0 bridgehead atoms. The van der Waals surface area contributed by atoms with Crippen molar-refractivity contribution in [2.24, 2.45) is 15.9 Å². The van der Waals surface area contributed by atoms with Gasteiger partial charge in [-0.05, 0) is 12.3 Å². The van der Waals surface area contributed by atoms with Crippen molar-refractivity contribution in [1.82, 2.24) is 0 Å². The van der Waals surface area contributed by atoms with E-state index in [-0.39, 0.29) is 30.3 Å². The maximum Gasteiger partial charge on any atom is 0.234 e. The molecular weight excluding hydrogens is 304 g/mol. The van der Waals surface area contributed by atoms with E-state index < -0.39 is 0 Å². The summed E-state index contributed by atoms with van der Waals surface area (Å²) in [6.07, 6.45) is 3.19. The summed E-state index contributed by atoms with van der Waals surface area (Å²) in [4.78, 5) is 27.1. The van der Waals surface area contributed by atoms with Gasteiger partial charge in [0.15, 0.2) is 0 Å². The molecule has 3 unspecified atom stereocenters. The van der Waals surface area contributed by atoms with Crippen LogP contribution in [0.1, 0.15) is 13.3 Å². The normalized spacial score (nSPS) is 30.3. The van der Waals surface area contributed by atoms with Gasteiger partial charge in [-0.25, -0.2) is 19.6 Å². The molecule has 0 aliphatic carbocycles. The van der Waals surface area contributed by atoms with Crippen LogP contribution in [0, 0.1) is 5.92 Å². The van der Waals surface area contributed by atoms with Gasteiger partial charge in [0, 0.05) is 6.61 Å². The van der Waals surface area contributed by atoms with Crippen molar-refractivity contribution >= 4 is 12.2 Å². The number of hydrogen-bond donors (Lipinski definition) is 0. The summed E-state index contributed by atoms with van der Waals surface area (Å²) in [5, 5.41) is 0. The van der Waals surface area contributed by atoms with Crippen LogP contribution in [0.25, 0.3) is 0 Å². The molecule has 0 aromatic heterocycles. The van der Waals surface area contributed by atoms with Crippen LogP contribution in [-0.4, -0.2) is 76.1 Å². The van der Waals surface area contributed by atoms with E-state index in [0.717, 1.165) is 0 Å². The molecule has 0 spiro atoms. The van der Waals surface area contributed by atoms with Gasteiger partial charge in [-0.15, -0.1) is 0 Å². The second-order valence-electron chi connectivity index (χ2n) is 5.74. The number of rotatable bonds is 10. The van der Waals surface area contributed by atoms with Crippen molar-refractivity contribution in [3.63, 3.8) is 0 Å². The Balaban J connectivity index is 1.69. The highest BCUT2D eigenvalue weighted by molar-refractivity contribution is 5.32. The van der Waals surface area contributed by atoms with Gasteiger partial charge in [0.1, 0.15) is 24.4 Å². The van der Waals surface area contributed by atoms with E-state index in [1.165, 1.54) is 12.2 Å². The fourth-order valence-corrected chi connectivity index (χ4v) is 2.67. The minimum atomic E-state index is -0.130. The number of fused-ring (bicyclic) bond motifs is 1. The summed E-state index contributed by atoms with van der Waals surface area (Å²) >= 11 is 0. The van der Waals surface area contributed by atoms with Crippen LogP contribution in [0.4, 0.5) is 0 Å². The van der Waals surface area contributed by atoms with E-state index in [1.54, 1.807) is 0 Å². The molecule has 2 saturated heterocycles. The van der Waals surface area contributed by atoms with Crippen LogP contribution in [0.2, 0.25) is 0 Å². The highest BCUT2D eigenvalue weighted by Crippen LogP contribution is 2.30. The van der Waals surface area contributed by atoms with Crippen LogP contribution in [0.5, 0.6) is 0 Å². The van der Waals surface area contributed by atoms with Crippen molar-refractivity contribution in [1.29, 1.82) is 0 Å². The Morgan fingerprint density at radius 1 is 1.09 bits per heavy atom. The van der Waals surface area contributed by atoms with Gasteiger partial charge in [-0.3, -0.25) is 0 Å². The van der Waals surface area contributed by atoms with Gasteiger partial charge in [0.25, 0.3) is 0 Å². The van der Waals surface area contributed by atoms with Gasteiger partial charge < -0.3 is 18.9 Å². The Morgan fingerprint density at radius 3 is 2.39 bits per heavy atom. The summed E-state index contributed by atoms with van der Waals surface area (Å²) in [6, 6.07) is 0. The largest absolute Gasteiger partial charge is 0.373 e. The van der Waals surface area contributed by atoms with Gasteiger partial charge in [-0.1, -0.05) is 6.92 Å². The molecular formula is C15H22N2O6. The number of aliphatic imine (C=N–C) groups is 2. The van der Waals surface area contributed by atoms with Gasteiger partial charge in [-0.2, -0.15) is 0 Å². The molecule has 0 N–H and O–H groups in total. The van der Waals surface area contributed by atoms with Crippen LogP contribution in [0.3, 0.4) is 0 Å². The van der Waals surface area contributed by atoms with E-state index in [1.807, 2.05) is 6.92 Å². The molecule has 2 fully saturated rings. The van der Waals surface area contributed by atoms with Crippen molar-refractivity contribution in [3.05, 3.63) is 0 Å². The predicted molar refractivity (Wildman–Crippen MR) is 78.7 cm³/mol. The zero-order valence-electron chi connectivity index (χ0n) is 13.2. The summed E-state index contributed by atoms with van der Waals surface area (Å²) < 4.78 is 23.1. The molecule has 0 radical (unpaired) electrons. The van der Waals surface area contributed by atoms with Gasteiger partial charge >= 0.3 is 0 Å². The Hall–Kier alpha value is -1.40. The van der Waals surface area contributed by atoms with Crippen LogP contribution in [-0.2, 0) is 28.5 Å². The quantitative estimate of drug-likeness (QED) is 0.324. The summed E-state index contributed by atoms with van der Waals surface area (Å²) in [6.45, 7) is 4.70. The molecule has 128 valence electrons. The van der Waals surface area contributed by atoms with E-state index in [0.29, 0.717) is 45.9 Å². The molecule has 0 aromatic rings. The number of carbonyl (C=O) groups excluding carboxylic acids is 2. The first kappa shape index (κ1) is 17.9. The van der Waals surface area contributed by atoms with Crippen molar-refractivity contribution in [2.75, 3.05) is 39.5 Å². The average molecular weight is 326 g/mol. The molecule has 2 aliphatic heterocycles. The monoisotopic (exact) mass is 326 g/mol. The molecule has 5 atom stereocenters. The zero-order chi connectivity index (χ0) is 16.5. The summed E-state index contributed by atoms with van der Waals surface area (Å²) in [5.74, 6) is 0.141. The Kier molecular flexibility index (Phi) is 7.55. The van der Waals surface area contributed by atoms with Gasteiger partial charge in [0.05, 0.1) is 32.9 Å². The topological polar surface area (TPSA) is 95.8 Å². The average Bonchev–Trinajstić information content (AvgIpc) is 3.13. The van der Waals surface area contributed by atoms with Crippen molar-refractivity contribution in [2.45, 2.75) is 37.8 Å². The fraction of sp³-hybridized carbons (Fsp3) is 0.867. The molecule has 8 heteroatoms. The molecule has 2 heterocycles. The molecule has 0 saturated carbocycles. The van der Waals surface area contributed by atoms with E-state index in [4.69, 9.17) is 18.9 Å². The number of nitrogens with zero attached hydrogens (tertiary/aromatic N) is 2. The minimum Gasteiger partial charge on any atom is -0.373 e. The van der Waals surface area contributed by atoms with Crippen molar-refractivity contribution < 1.29 is 28.5 Å². The minimum absolute atomic E-state index is 0.120. The number of ether oxygens (including phenoxy) is 4. The summed E-state index contributed by atoms with van der Waals surface area (Å²) in [7, 11) is 0. The molecule has 2 rings (SSSR count). The maximum atomic E-state index is 10.1. The van der Waals surface area contributed by atoms with Crippen molar-refractivity contribution in [3.8, 4) is 0 Å². The lowest BCUT2D eigenvalue weighted by Gasteiger charge is -2.18. The highest BCUT2D eigenvalue weighted by Gasteiger charge is 2.48. The fourth-order valence-electron chi connectivity index (χ4n) is 2.67. The van der Waals surface area contributed by atoms with Crippen LogP contribution >= 0.6 is 0 Å².